The second-order valence-electron chi connectivity index (χ2n) is 7.12. The van der Waals surface area contributed by atoms with Gasteiger partial charge in [0.25, 0.3) is 5.92 Å². The number of aromatic nitrogens is 5. The lowest BCUT2D eigenvalue weighted by molar-refractivity contribution is -0.214. The molecule has 2 aliphatic heterocycles. The molecule has 0 bridgehead atoms. The van der Waals surface area contributed by atoms with Crippen LogP contribution >= 0.6 is 0 Å². The molecule has 9 nitrogen and oxygen atoms in total. The molecule has 2 saturated heterocycles. The van der Waals surface area contributed by atoms with Crippen LogP contribution in [-0.4, -0.2) is 53.8 Å². The van der Waals surface area contributed by atoms with Gasteiger partial charge in [-0.25, -0.2) is 23.2 Å². The number of ether oxygens (including phenoxy) is 3. The van der Waals surface area contributed by atoms with Gasteiger partial charge < -0.3 is 14.2 Å². The van der Waals surface area contributed by atoms with Gasteiger partial charge in [-0.05, 0) is 19.9 Å². The van der Waals surface area contributed by atoms with Crippen LogP contribution in [0.25, 0.3) is 5.82 Å². The second kappa shape index (κ2) is 4.72. The minimum Gasteiger partial charge on any atom is -0.341 e. The molecule has 0 amide bonds. The Labute approximate surface area is 145 Å². The van der Waals surface area contributed by atoms with Gasteiger partial charge in [0.2, 0.25) is 0 Å². The summed E-state index contributed by atoms with van der Waals surface area (Å²) in [4.78, 5) is 20.2. The highest BCUT2D eigenvalue weighted by molar-refractivity contribution is 5.25. The first kappa shape index (κ1) is 16.0. The third kappa shape index (κ3) is 2.04. The average molecular weight is 367 g/mol. The van der Waals surface area contributed by atoms with Crippen molar-refractivity contribution in [1.82, 2.24) is 24.3 Å². The number of halogens is 2. The van der Waals surface area contributed by atoms with E-state index in [2.05, 4.69) is 15.1 Å². The molecular weight excluding hydrogens is 352 g/mol. The molecule has 5 rings (SSSR count). The molecule has 0 aromatic carbocycles. The zero-order chi connectivity index (χ0) is 18.3. The first-order valence-electron chi connectivity index (χ1n) is 8.08. The zero-order valence-electron chi connectivity index (χ0n) is 13.9. The predicted octanol–water partition coefficient (Wildman–Crippen LogP) is 0.651. The lowest BCUT2D eigenvalue weighted by Gasteiger charge is -2.24. The summed E-state index contributed by atoms with van der Waals surface area (Å²) in [7, 11) is 0. The highest BCUT2D eigenvalue weighted by Crippen LogP contribution is 2.66. The lowest BCUT2D eigenvalue weighted by atomic mass is 10.1. The third-order valence-corrected chi connectivity index (χ3v) is 4.92. The zero-order valence-corrected chi connectivity index (χ0v) is 13.9. The molecule has 3 fully saturated rings. The van der Waals surface area contributed by atoms with Crippen LogP contribution in [0.5, 0.6) is 0 Å². The molecule has 3 aliphatic rings. The van der Waals surface area contributed by atoms with Crippen molar-refractivity contribution in [2.24, 2.45) is 0 Å². The maximum absolute atomic E-state index is 14.0. The van der Waals surface area contributed by atoms with Gasteiger partial charge in [-0.3, -0.25) is 4.57 Å². The minimum atomic E-state index is -3.02. The molecule has 4 atom stereocenters. The van der Waals surface area contributed by atoms with Crippen LogP contribution in [-0.2, 0) is 14.2 Å². The van der Waals surface area contributed by atoms with E-state index < -0.39 is 47.9 Å². The van der Waals surface area contributed by atoms with Gasteiger partial charge in [0.15, 0.2) is 23.4 Å². The first-order valence-corrected chi connectivity index (χ1v) is 8.08. The third-order valence-electron chi connectivity index (χ3n) is 4.92. The van der Waals surface area contributed by atoms with E-state index in [1.54, 1.807) is 13.8 Å². The van der Waals surface area contributed by atoms with Crippen LogP contribution in [0.15, 0.2) is 29.7 Å². The SMILES string of the molecule is CC1(C)O[C@H]2[C@H](n3ccc(-n4cncn4)nc3=O)O[C@@]3(CC3(F)F)[C@H]2O1. The summed E-state index contributed by atoms with van der Waals surface area (Å²) in [6.45, 7) is 3.29. The van der Waals surface area contributed by atoms with Crippen LogP contribution in [0.1, 0.15) is 26.5 Å². The van der Waals surface area contributed by atoms with Gasteiger partial charge in [-0.15, -0.1) is 0 Å². The van der Waals surface area contributed by atoms with Crippen molar-refractivity contribution in [3.63, 3.8) is 0 Å². The lowest BCUT2D eigenvalue weighted by Crippen LogP contribution is -2.35. The molecular formula is C15H15F2N5O4. The molecule has 26 heavy (non-hydrogen) atoms. The van der Waals surface area contributed by atoms with Crippen LogP contribution in [0.3, 0.4) is 0 Å². The van der Waals surface area contributed by atoms with Gasteiger partial charge in [0.1, 0.15) is 24.9 Å². The topological polar surface area (TPSA) is 93.3 Å². The van der Waals surface area contributed by atoms with E-state index >= 15 is 0 Å². The van der Waals surface area contributed by atoms with Crippen molar-refractivity contribution in [3.8, 4) is 5.82 Å². The van der Waals surface area contributed by atoms with E-state index in [-0.39, 0.29) is 5.82 Å². The average Bonchev–Trinajstić information content (AvgIpc) is 3.02. The quantitative estimate of drug-likeness (QED) is 0.769. The predicted molar refractivity (Wildman–Crippen MR) is 79.7 cm³/mol. The van der Waals surface area contributed by atoms with Crippen molar-refractivity contribution in [2.75, 3.05) is 0 Å². The number of nitrogens with zero attached hydrogens (tertiary/aromatic N) is 5. The summed E-state index contributed by atoms with van der Waals surface area (Å²) in [6, 6.07) is 1.52. The maximum atomic E-state index is 14.0. The van der Waals surface area contributed by atoms with Gasteiger partial charge in [0, 0.05) is 6.20 Å². The molecule has 0 unspecified atom stereocenters. The fourth-order valence-corrected chi connectivity index (χ4v) is 3.70. The van der Waals surface area contributed by atoms with E-state index in [1.807, 2.05) is 0 Å². The molecule has 1 spiro atoms. The van der Waals surface area contributed by atoms with Crippen LogP contribution in [0.4, 0.5) is 8.78 Å². The Bertz CT molecular complexity index is 930. The summed E-state index contributed by atoms with van der Waals surface area (Å²) in [5.74, 6) is -3.80. The van der Waals surface area contributed by atoms with E-state index in [4.69, 9.17) is 14.2 Å². The van der Waals surface area contributed by atoms with Crippen molar-refractivity contribution in [1.29, 1.82) is 0 Å². The number of hydrogen-bond acceptors (Lipinski definition) is 7. The summed E-state index contributed by atoms with van der Waals surface area (Å²) < 4.78 is 47.6. The van der Waals surface area contributed by atoms with E-state index in [1.165, 1.54) is 29.6 Å². The number of rotatable bonds is 2. The maximum Gasteiger partial charge on any atom is 0.351 e. The van der Waals surface area contributed by atoms with Crippen molar-refractivity contribution in [2.45, 2.75) is 56.0 Å². The van der Waals surface area contributed by atoms with Crippen LogP contribution < -0.4 is 5.69 Å². The Balaban J connectivity index is 1.53. The summed E-state index contributed by atoms with van der Waals surface area (Å²) >= 11 is 0. The number of alkyl halides is 2. The molecule has 11 heteroatoms. The minimum absolute atomic E-state index is 0.258. The number of fused-ring (bicyclic) bond motifs is 2. The number of hydrogen-bond donors (Lipinski definition) is 0. The highest BCUT2D eigenvalue weighted by atomic mass is 19.3. The Morgan fingerprint density at radius 3 is 2.65 bits per heavy atom. The summed E-state index contributed by atoms with van der Waals surface area (Å²) in [6.07, 6.45) is 0.806. The van der Waals surface area contributed by atoms with E-state index in [9.17, 15) is 13.6 Å². The fourth-order valence-electron chi connectivity index (χ4n) is 3.70. The van der Waals surface area contributed by atoms with Crippen molar-refractivity contribution >= 4 is 0 Å². The van der Waals surface area contributed by atoms with Gasteiger partial charge >= 0.3 is 5.69 Å². The van der Waals surface area contributed by atoms with Gasteiger partial charge in [-0.1, -0.05) is 0 Å². The van der Waals surface area contributed by atoms with E-state index in [0.717, 1.165) is 4.57 Å². The van der Waals surface area contributed by atoms with Gasteiger partial charge in [0.05, 0.1) is 6.42 Å². The summed E-state index contributed by atoms with van der Waals surface area (Å²) in [5, 5.41) is 3.90. The van der Waals surface area contributed by atoms with Crippen molar-refractivity contribution in [3.05, 3.63) is 35.4 Å². The van der Waals surface area contributed by atoms with Crippen LogP contribution in [0, 0.1) is 0 Å². The monoisotopic (exact) mass is 367 g/mol. The molecule has 4 heterocycles. The Kier molecular flexibility index (Phi) is 2.90. The van der Waals surface area contributed by atoms with Gasteiger partial charge in [-0.2, -0.15) is 10.1 Å². The smallest absolute Gasteiger partial charge is 0.341 e. The second-order valence-corrected chi connectivity index (χ2v) is 7.12. The Morgan fingerprint density at radius 1 is 1.27 bits per heavy atom. The summed E-state index contributed by atoms with van der Waals surface area (Å²) in [5.41, 5.74) is -2.43. The molecule has 0 radical (unpaired) electrons. The fraction of sp³-hybridized carbons (Fsp3) is 0.600. The van der Waals surface area contributed by atoms with Crippen molar-refractivity contribution < 1.29 is 23.0 Å². The molecule has 2 aromatic heterocycles. The Hall–Kier alpha value is -2.24. The van der Waals surface area contributed by atoms with E-state index in [0.29, 0.717) is 0 Å². The Morgan fingerprint density at radius 2 is 2.04 bits per heavy atom. The van der Waals surface area contributed by atoms with Crippen LogP contribution in [0.2, 0.25) is 0 Å². The molecule has 1 aliphatic carbocycles. The molecule has 0 N–H and O–H groups in total. The largest absolute Gasteiger partial charge is 0.351 e. The highest BCUT2D eigenvalue weighted by Gasteiger charge is 2.84. The standard InChI is InChI=1S/C15H15F2N5O4/c1-13(2)24-9-10(25-13)14(5-15(14,16)17)26-11(9)21-4-3-8(20-12(21)23)22-7-18-6-19-22/h3-4,6-7,9-11H,5H2,1-2H3/t9-,10+,11-,14+/m1/s1. The molecule has 138 valence electrons. The molecule has 2 aromatic rings. The first-order chi connectivity index (χ1) is 12.2. The molecule has 1 saturated carbocycles. The normalized spacial score (nSPS) is 36.4.